The van der Waals surface area contributed by atoms with Crippen LogP contribution in [0.3, 0.4) is 0 Å². The van der Waals surface area contributed by atoms with Crippen LogP contribution in [0, 0.1) is 20.8 Å². The summed E-state index contributed by atoms with van der Waals surface area (Å²) in [6.45, 7) is 8.09. The number of amides is 2. The summed E-state index contributed by atoms with van der Waals surface area (Å²) in [6, 6.07) is 8.20. The summed E-state index contributed by atoms with van der Waals surface area (Å²) in [7, 11) is 0. The molecule has 0 saturated carbocycles. The number of nitrogens with zero attached hydrogens (tertiary/aromatic N) is 4. The van der Waals surface area contributed by atoms with Gasteiger partial charge in [0.2, 0.25) is 11.8 Å². The average molecular weight is 340 g/mol. The largest absolute Gasteiger partial charge is 0.335 e. The topological polar surface area (TPSA) is 58.4 Å². The lowest BCUT2D eigenvalue weighted by Gasteiger charge is -2.34. The monoisotopic (exact) mass is 340 g/mol. The zero-order chi connectivity index (χ0) is 18.0. The van der Waals surface area contributed by atoms with E-state index in [1.165, 1.54) is 11.1 Å². The summed E-state index contributed by atoms with van der Waals surface area (Å²) in [5.74, 6) is -0.0675. The van der Waals surface area contributed by atoms with Crippen molar-refractivity contribution >= 4 is 11.8 Å². The van der Waals surface area contributed by atoms with Gasteiger partial charge in [-0.2, -0.15) is 5.10 Å². The van der Waals surface area contributed by atoms with E-state index in [2.05, 4.69) is 37.1 Å². The number of carbonyl (C=O) groups is 2. The van der Waals surface area contributed by atoms with Gasteiger partial charge in [0.15, 0.2) is 0 Å². The maximum absolute atomic E-state index is 12.5. The number of aromatic nitrogens is 2. The van der Waals surface area contributed by atoms with Crippen LogP contribution in [-0.4, -0.2) is 51.0 Å². The minimum Gasteiger partial charge on any atom is -0.335 e. The van der Waals surface area contributed by atoms with Crippen LogP contribution < -0.4 is 0 Å². The second-order valence-corrected chi connectivity index (χ2v) is 6.76. The van der Waals surface area contributed by atoms with Gasteiger partial charge >= 0.3 is 0 Å². The van der Waals surface area contributed by atoms with Crippen molar-refractivity contribution in [1.82, 2.24) is 19.6 Å². The molecule has 1 fully saturated rings. The van der Waals surface area contributed by atoms with Crippen molar-refractivity contribution in [2.24, 2.45) is 0 Å². The van der Waals surface area contributed by atoms with Gasteiger partial charge in [0, 0.05) is 31.5 Å². The van der Waals surface area contributed by atoms with Crippen molar-refractivity contribution in [3.63, 3.8) is 0 Å². The molecule has 0 radical (unpaired) electrons. The van der Waals surface area contributed by atoms with Gasteiger partial charge < -0.3 is 9.80 Å². The Hall–Kier alpha value is -2.63. The van der Waals surface area contributed by atoms with Crippen molar-refractivity contribution in [3.8, 4) is 0 Å². The molecule has 6 nitrogen and oxygen atoms in total. The standard InChI is InChI=1S/C19H24N4O2/c1-14-8-15(2)10-17(9-14)11-21-6-7-22(12-18(21)24)19(25)13-23-16(3)4-5-20-23/h4-5,8-10H,6-7,11-13H2,1-3H3. The minimum atomic E-state index is -0.0637. The molecule has 2 heterocycles. The zero-order valence-electron chi connectivity index (χ0n) is 15.0. The number of aryl methyl sites for hydroxylation is 3. The smallest absolute Gasteiger partial charge is 0.244 e. The Labute approximate surface area is 148 Å². The van der Waals surface area contributed by atoms with E-state index in [-0.39, 0.29) is 24.9 Å². The fourth-order valence-electron chi connectivity index (χ4n) is 3.26. The van der Waals surface area contributed by atoms with E-state index < -0.39 is 0 Å². The van der Waals surface area contributed by atoms with Gasteiger partial charge in [-0.25, -0.2) is 0 Å². The molecule has 6 heteroatoms. The van der Waals surface area contributed by atoms with Crippen molar-refractivity contribution in [2.75, 3.05) is 19.6 Å². The van der Waals surface area contributed by atoms with Gasteiger partial charge in [0.25, 0.3) is 0 Å². The van der Waals surface area contributed by atoms with E-state index in [0.29, 0.717) is 19.6 Å². The molecule has 1 aromatic heterocycles. The van der Waals surface area contributed by atoms with Crippen LogP contribution in [0.1, 0.15) is 22.4 Å². The van der Waals surface area contributed by atoms with Crippen molar-refractivity contribution in [3.05, 3.63) is 52.8 Å². The van der Waals surface area contributed by atoms with Crippen LogP contribution >= 0.6 is 0 Å². The Kier molecular flexibility index (Phi) is 4.88. The summed E-state index contributed by atoms with van der Waals surface area (Å²) in [5, 5.41) is 4.13. The summed E-state index contributed by atoms with van der Waals surface area (Å²) >= 11 is 0. The highest BCUT2D eigenvalue weighted by Crippen LogP contribution is 2.14. The molecule has 0 atom stereocenters. The number of piperazine rings is 1. The molecular formula is C19H24N4O2. The third-order valence-corrected chi connectivity index (χ3v) is 4.54. The Morgan fingerprint density at radius 1 is 1.12 bits per heavy atom. The van der Waals surface area contributed by atoms with E-state index >= 15 is 0 Å². The van der Waals surface area contributed by atoms with Gasteiger partial charge in [-0.3, -0.25) is 14.3 Å². The Morgan fingerprint density at radius 2 is 1.84 bits per heavy atom. The molecule has 0 aliphatic carbocycles. The Balaban J connectivity index is 1.59. The first-order valence-corrected chi connectivity index (χ1v) is 8.53. The van der Waals surface area contributed by atoms with Crippen molar-refractivity contribution in [2.45, 2.75) is 33.9 Å². The van der Waals surface area contributed by atoms with Crippen LogP contribution in [0.4, 0.5) is 0 Å². The Morgan fingerprint density at radius 3 is 2.44 bits per heavy atom. The number of hydrogen-bond acceptors (Lipinski definition) is 3. The third kappa shape index (κ3) is 4.07. The fourth-order valence-corrected chi connectivity index (χ4v) is 3.26. The first-order valence-electron chi connectivity index (χ1n) is 8.53. The molecule has 3 rings (SSSR count). The summed E-state index contributed by atoms with van der Waals surface area (Å²) in [5.41, 5.74) is 4.47. The summed E-state index contributed by atoms with van der Waals surface area (Å²) < 4.78 is 1.66. The van der Waals surface area contributed by atoms with E-state index in [0.717, 1.165) is 11.3 Å². The molecule has 0 N–H and O–H groups in total. The molecule has 0 spiro atoms. The number of benzene rings is 1. The maximum Gasteiger partial charge on any atom is 0.244 e. The SMILES string of the molecule is Cc1cc(C)cc(CN2CCN(C(=O)Cn3nccc3C)CC2=O)c1. The lowest BCUT2D eigenvalue weighted by atomic mass is 10.1. The number of carbonyl (C=O) groups excluding carboxylic acids is 2. The predicted molar refractivity (Wildman–Crippen MR) is 94.9 cm³/mol. The van der Waals surface area contributed by atoms with Gasteiger partial charge in [0.05, 0.1) is 6.54 Å². The molecule has 1 aromatic carbocycles. The molecule has 0 unspecified atom stereocenters. The molecule has 2 amide bonds. The number of rotatable bonds is 4. The van der Waals surface area contributed by atoms with E-state index in [1.807, 2.05) is 17.9 Å². The molecule has 1 aliphatic rings. The van der Waals surface area contributed by atoms with Crippen molar-refractivity contribution in [1.29, 1.82) is 0 Å². The van der Waals surface area contributed by atoms with Gasteiger partial charge in [-0.05, 0) is 32.4 Å². The highest BCUT2D eigenvalue weighted by Gasteiger charge is 2.27. The van der Waals surface area contributed by atoms with E-state index in [1.54, 1.807) is 15.8 Å². The quantitative estimate of drug-likeness (QED) is 0.851. The molecule has 0 bridgehead atoms. The van der Waals surface area contributed by atoms with Gasteiger partial charge in [-0.15, -0.1) is 0 Å². The second-order valence-electron chi connectivity index (χ2n) is 6.76. The molecular weight excluding hydrogens is 316 g/mol. The van der Waals surface area contributed by atoms with E-state index in [4.69, 9.17) is 0 Å². The van der Waals surface area contributed by atoms with Gasteiger partial charge in [0.1, 0.15) is 6.54 Å². The van der Waals surface area contributed by atoms with Crippen LogP contribution in [0.25, 0.3) is 0 Å². The highest BCUT2D eigenvalue weighted by molar-refractivity contribution is 5.86. The lowest BCUT2D eigenvalue weighted by Crippen LogP contribution is -2.52. The predicted octanol–water partition coefficient (Wildman–Crippen LogP) is 1.68. The van der Waals surface area contributed by atoms with Gasteiger partial charge in [-0.1, -0.05) is 29.3 Å². The Bertz CT molecular complexity index is 776. The van der Waals surface area contributed by atoms with Crippen LogP contribution in [0.15, 0.2) is 30.5 Å². The first kappa shape index (κ1) is 17.2. The molecule has 2 aromatic rings. The third-order valence-electron chi connectivity index (χ3n) is 4.54. The van der Waals surface area contributed by atoms with Crippen LogP contribution in [0.5, 0.6) is 0 Å². The second kappa shape index (κ2) is 7.09. The van der Waals surface area contributed by atoms with E-state index in [9.17, 15) is 9.59 Å². The molecule has 132 valence electrons. The average Bonchev–Trinajstić information content (AvgIpc) is 2.93. The van der Waals surface area contributed by atoms with Crippen LogP contribution in [-0.2, 0) is 22.7 Å². The maximum atomic E-state index is 12.5. The highest BCUT2D eigenvalue weighted by atomic mass is 16.2. The summed E-state index contributed by atoms with van der Waals surface area (Å²) in [4.78, 5) is 28.3. The molecule has 1 aliphatic heterocycles. The number of hydrogen-bond donors (Lipinski definition) is 0. The fraction of sp³-hybridized carbons (Fsp3) is 0.421. The molecule has 1 saturated heterocycles. The zero-order valence-corrected chi connectivity index (χ0v) is 15.0. The first-order chi connectivity index (χ1) is 11.9. The minimum absolute atomic E-state index is 0.00375. The van der Waals surface area contributed by atoms with Crippen molar-refractivity contribution < 1.29 is 9.59 Å². The van der Waals surface area contributed by atoms with Crippen LogP contribution in [0.2, 0.25) is 0 Å². The normalized spacial score (nSPS) is 14.9. The summed E-state index contributed by atoms with van der Waals surface area (Å²) in [6.07, 6.45) is 1.68. The lowest BCUT2D eigenvalue weighted by molar-refractivity contribution is -0.146. The molecule has 25 heavy (non-hydrogen) atoms.